The summed E-state index contributed by atoms with van der Waals surface area (Å²) >= 11 is 0. The van der Waals surface area contributed by atoms with Crippen molar-refractivity contribution in [2.75, 3.05) is 0 Å². The second-order valence-electron chi connectivity index (χ2n) is 7.66. The Balaban J connectivity index is 1.88. The van der Waals surface area contributed by atoms with Crippen molar-refractivity contribution in [1.29, 1.82) is 0 Å². The molecule has 1 fully saturated rings. The number of benzene rings is 1. The van der Waals surface area contributed by atoms with E-state index in [-0.39, 0.29) is 18.2 Å². The van der Waals surface area contributed by atoms with E-state index < -0.39 is 17.2 Å². The molecular weight excluding hydrogens is 312 g/mol. The molecular formula is C19H23F2NO2. The Morgan fingerprint density at radius 3 is 2.54 bits per heavy atom. The van der Waals surface area contributed by atoms with Gasteiger partial charge in [-0.2, -0.15) is 0 Å². The summed E-state index contributed by atoms with van der Waals surface area (Å²) < 4.78 is 33.2. The van der Waals surface area contributed by atoms with Crippen molar-refractivity contribution in [3.63, 3.8) is 0 Å². The quantitative estimate of drug-likeness (QED) is 0.736. The third kappa shape index (κ3) is 3.17. The summed E-state index contributed by atoms with van der Waals surface area (Å²) in [6.45, 7) is 7.15. The number of amides is 1. The SMILES string of the molecule is Cc1cc(C2=CC3CCC(C2)N3C(=O)OC(C)(C)C)c(F)cc1F. The zero-order chi connectivity index (χ0) is 17.6. The Hall–Kier alpha value is -1.91. The molecule has 1 amide bonds. The van der Waals surface area contributed by atoms with Gasteiger partial charge in [-0.25, -0.2) is 13.6 Å². The molecule has 3 nitrogen and oxygen atoms in total. The smallest absolute Gasteiger partial charge is 0.411 e. The van der Waals surface area contributed by atoms with Gasteiger partial charge >= 0.3 is 6.09 Å². The molecule has 24 heavy (non-hydrogen) atoms. The predicted molar refractivity (Wildman–Crippen MR) is 88.6 cm³/mol. The minimum absolute atomic E-state index is 0.00890. The van der Waals surface area contributed by atoms with Crippen LogP contribution in [0.2, 0.25) is 0 Å². The van der Waals surface area contributed by atoms with E-state index in [0.717, 1.165) is 24.5 Å². The van der Waals surface area contributed by atoms with Gasteiger partial charge in [-0.3, -0.25) is 4.90 Å². The zero-order valence-electron chi connectivity index (χ0n) is 14.5. The molecule has 5 heteroatoms. The molecule has 1 aromatic carbocycles. The summed E-state index contributed by atoms with van der Waals surface area (Å²) in [5.41, 5.74) is 1.17. The van der Waals surface area contributed by atoms with E-state index >= 15 is 0 Å². The van der Waals surface area contributed by atoms with Crippen molar-refractivity contribution in [2.24, 2.45) is 0 Å². The third-order valence-corrected chi connectivity index (χ3v) is 4.59. The summed E-state index contributed by atoms with van der Waals surface area (Å²) in [7, 11) is 0. The molecule has 2 unspecified atom stereocenters. The van der Waals surface area contributed by atoms with Crippen molar-refractivity contribution in [1.82, 2.24) is 4.90 Å². The minimum atomic E-state index is -0.547. The first-order valence-electron chi connectivity index (χ1n) is 8.34. The molecule has 1 saturated heterocycles. The van der Waals surface area contributed by atoms with E-state index in [4.69, 9.17) is 4.74 Å². The van der Waals surface area contributed by atoms with Gasteiger partial charge in [0.05, 0.1) is 6.04 Å². The second-order valence-corrected chi connectivity index (χ2v) is 7.66. The molecule has 1 aromatic rings. The summed E-state index contributed by atoms with van der Waals surface area (Å²) in [5, 5.41) is 0. The maximum Gasteiger partial charge on any atom is 0.411 e. The fourth-order valence-electron chi connectivity index (χ4n) is 3.53. The van der Waals surface area contributed by atoms with Gasteiger partial charge in [-0.05, 0) is 64.2 Å². The number of carbonyl (C=O) groups excluding carboxylic acids is 1. The van der Waals surface area contributed by atoms with Crippen LogP contribution in [0, 0.1) is 18.6 Å². The molecule has 0 spiro atoms. The lowest BCUT2D eigenvalue weighted by Crippen LogP contribution is -2.45. The summed E-state index contributed by atoms with van der Waals surface area (Å²) in [4.78, 5) is 14.2. The standard InChI is InChI=1S/C19H23F2NO2/c1-11-7-15(17(21)10-16(11)20)12-8-13-5-6-14(9-12)22(13)18(23)24-19(2,3)4/h7-8,10,13-14H,5-6,9H2,1-4H3. The lowest BCUT2D eigenvalue weighted by atomic mass is 9.93. The molecule has 0 aliphatic carbocycles. The fraction of sp³-hybridized carbons (Fsp3) is 0.526. The lowest BCUT2D eigenvalue weighted by Gasteiger charge is -2.35. The van der Waals surface area contributed by atoms with Crippen LogP contribution in [0.4, 0.5) is 13.6 Å². The van der Waals surface area contributed by atoms with Crippen molar-refractivity contribution < 1.29 is 18.3 Å². The Labute approximate surface area is 141 Å². The van der Waals surface area contributed by atoms with Gasteiger partial charge in [0, 0.05) is 17.7 Å². The van der Waals surface area contributed by atoms with Crippen molar-refractivity contribution >= 4 is 11.7 Å². The van der Waals surface area contributed by atoms with Gasteiger partial charge in [0.1, 0.15) is 17.2 Å². The number of hydrogen-bond donors (Lipinski definition) is 0. The second kappa shape index (κ2) is 5.87. The first-order valence-corrected chi connectivity index (χ1v) is 8.34. The third-order valence-electron chi connectivity index (χ3n) is 4.59. The van der Waals surface area contributed by atoms with Crippen LogP contribution in [-0.4, -0.2) is 28.7 Å². The molecule has 130 valence electrons. The van der Waals surface area contributed by atoms with E-state index in [0.29, 0.717) is 17.5 Å². The summed E-state index contributed by atoms with van der Waals surface area (Å²) in [5.74, 6) is -1.08. The van der Waals surface area contributed by atoms with Gasteiger partial charge in [-0.1, -0.05) is 6.08 Å². The molecule has 0 radical (unpaired) electrons. The average Bonchev–Trinajstić information content (AvgIpc) is 2.72. The predicted octanol–water partition coefficient (Wildman–Crippen LogP) is 4.83. The van der Waals surface area contributed by atoms with Crippen LogP contribution >= 0.6 is 0 Å². The van der Waals surface area contributed by atoms with E-state index in [2.05, 4.69) is 0 Å². The molecule has 3 rings (SSSR count). The average molecular weight is 335 g/mol. The van der Waals surface area contributed by atoms with Crippen LogP contribution in [0.25, 0.3) is 5.57 Å². The highest BCUT2D eigenvalue weighted by atomic mass is 19.1. The van der Waals surface area contributed by atoms with E-state index in [9.17, 15) is 13.6 Å². The minimum Gasteiger partial charge on any atom is -0.444 e. The Kier molecular flexibility index (Phi) is 4.14. The van der Waals surface area contributed by atoms with E-state index in [1.54, 1.807) is 17.9 Å². The molecule has 2 bridgehead atoms. The molecule has 0 saturated carbocycles. The highest BCUT2D eigenvalue weighted by Gasteiger charge is 2.42. The maximum atomic E-state index is 14.2. The van der Waals surface area contributed by atoms with Crippen LogP contribution in [0.1, 0.15) is 51.2 Å². The van der Waals surface area contributed by atoms with Gasteiger partial charge in [0.2, 0.25) is 0 Å². The monoisotopic (exact) mass is 335 g/mol. The van der Waals surface area contributed by atoms with Crippen LogP contribution in [0.3, 0.4) is 0 Å². The number of ether oxygens (including phenoxy) is 1. The van der Waals surface area contributed by atoms with Gasteiger partial charge in [0.25, 0.3) is 0 Å². The molecule has 2 heterocycles. The molecule has 2 aliphatic heterocycles. The highest BCUT2D eigenvalue weighted by Crippen LogP contribution is 2.40. The zero-order valence-corrected chi connectivity index (χ0v) is 14.5. The van der Waals surface area contributed by atoms with Crippen LogP contribution in [-0.2, 0) is 4.74 Å². The number of hydrogen-bond acceptors (Lipinski definition) is 2. The van der Waals surface area contributed by atoms with E-state index in [1.165, 1.54) is 0 Å². The van der Waals surface area contributed by atoms with Crippen LogP contribution in [0.5, 0.6) is 0 Å². The van der Waals surface area contributed by atoms with Crippen LogP contribution in [0.15, 0.2) is 18.2 Å². The topological polar surface area (TPSA) is 29.5 Å². The Morgan fingerprint density at radius 2 is 1.92 bits per heavy atom. The normalized spacial score (nSPS) is 23.2. The lowest BCUT2D eigenvalue weighted by molar-refractivity contribution is 0.0175. The highest BCUT2D eigenvalue weighted by molar-refractivity contribution is 5.75. The van der Waals surface area contributed by atoms with Crippen molar-refractivity contribution in [3.05, 3.63) is 41.0 Å². The van der Waals surface area contributed by atoms with Crippen LogP contribution < -0.4 is 0 Å². The van der Waals surface area contributed by atoms with E-state index in [1.807, 2.05) is 26.8 Å². The first-order chi connectivity index (χ1) is 11.2. The van der Waals surface area contributed by atoms with Gasteiger partial charge < -0.3 is 4.74 Å². The molecule has 0 aromatic heterocycles. The van der Waals surface area contributed by atoms with Crippen molar-refractivity contribution in [2.45, 2.75) is 64.6 Å². The van der Waals surface area contributed by atoms with Gasteiger partial charge in [-0.15, -0.1) is 0 Å². The molecule has 0 N–H and O–H groups in total. The Morgan fingerprint density at radius 1 is 1.21 bits per heavy atom. The number of fused-ring (bicyclic) bond motifs is 2. The number of aryl methyl sites for hydroxylation is 1. The number of carbonyl (C=O) groups is 1. The summed E-state index contributed by atoms with van der Waals surface area (Å²) in [6.07, 6.45) is 3.89. The fourth-order valence-corrected chi connectivity index (χ4v) is 3.53. The largest absolute Gasteiger partial charge is 0.444 e. The number of nitrogens with zero attached hydrogens (tertiary/aromatic N) is 1. The van der Waals surface area contributed by atoms with Gasteiger partial charge in [0.15, 0.2) is 0 Å². The number of rotatable bonds is 1. The van der Waals surface area contributed by atoms with Crippen molar-refractivity contribution in [3.8, 4) is 0 Å². The number of halogens is 2. The maximum absolute atomic E-state index is 14.2. The Bertz CT molecular complexity index is 706. The molecule has 2 aliphatic rings. The molecule has 2 atom stereocenters. The summed E-state index contributed by atoms with van der Waals surface area (Å²) in [6, 6.07) is 2.42. The first kappa shape index (κ1) is 16.9.